The highest BCUT2D eigenvalue weighted by Gasteiger charge is 2.15. The molecule has 0 amide bonds. The molecule has 0 N–H and O–H groups in total. The standard InChI is InChI=1S/C28H25N3O/c1-18-8-5-11-25(29-18)16-22-14-23(21(4)26-12-6-9-19(2)30-26)17-24(15-22)28(32)27-13-7-10-20(3)31-27/h5-15,17H,4,16H2,1-3H3. The van der Waals surface area contributed by atoms with Gasteiger partial charge in [-0.15, -0.1) is 0 Å². The summed E-state index contributed by atoms with van der Waals surface area (Å²) in [6.45, 7) is 10.1. The fourth-order valence-electron chi connectivity index (χ4n) is 3.68. The number of hydrogen-bond donors (Lipinski definition) is 0. The largest absolute Gasteiger partial charge is 0.287 e. The lowest BCUT2D eigenvalue weighted by atomic mass is 9.94. The van der Waals surface area contributed by atoms with Crippen molar-refractivity contribution >= 4 is 11.4 Å². The highest BCUT2D eigenvalue weighted by molar-refractivity contribution is 6.08. The van der Waals surface area contributed by atoms with Crippen LogP contribution in [0.3, 0.4) is 0 Å². The van der Waals surface area contributed by atoms with Crippen LogP contribution < -0.4 is 0 Å². The zero-order chi connectivity index (χ0) is 22.7. The number of pyridine rings is 3. The van der Waals surface area contributed by atoms with Gasteiger partial charge in [0, 0.05) is 40.3 Å². The number of rotatable bonds is 6. The van der Waals surface area contributed by atoms with Crippen LogP contribution >= 0.6 is 0 Å². The minimum absolute atomic E-state index is 0.112. The first-order valence-electron chi connectivity index (χ1n) is 10.6. The van der Waals surface area contributed by atoms with Crippen molar-refractivity contribution in [3.05, 3.63) is 130 Å². The number of benzene rings is 1. The fourth-order valence-corrected chi connectivity index (χ4v) is 3.68. The van der Waals surface area contributed by atoms with Crippen molar-refractivity contribution < 1.29 is 4.79 Å². The third kappa shape index (κ3) is 4.86. The molecular weight excluding hydrogens is 394 g/mol. The molecule has 0 unspecified atom stereocenters. The third-order valence-corrected chi connectivity index (χ3v) is 5.25. The number of hydrogen-bond acceptors (Lipinski definition) is 4. The van der Waals surface area contributed by atoms with Gasteiger partial charge in [0.05, 0.1) is 5.69 Å². The van der Waals surface area contributed by atoms with Gasteiger partial charge in [0.25, 0.3) is 0 Å². The molecule has 0 spiro atoms. The van der Waals surface area contributed by atoms with E-state index >= 15 is 0 Å². The summed E-state index contributed by atoms with van der Waals surface area (Å²) in [5, 5.41) is 0. The minimum Gasteiger partial charge on any atom is -0.287 e. The van der Waals surface area contributed by atoms with Gasteiger partial charge in [0.2, 0.25) is 5.78 Å². The molecule has 4 rings (SSSR count). The summed E-state index contributed by atoms with van der Waals surface area (Å²) >= 11 is 0. The zero-order valence-corrected chi connectivity index (χ0v) is 18.6. The van der Waals surface area contributed by atoms with Gasteiger partial charge < -0.3 is 0 Å². The predicted octanol–water partition coefficient (Wildman–Crippen LogP) is 5.68. The summed E-state index contributed by atoms with van der Waals surface area (Å²) in [6, 6.07) is 23.2. The van der Waals surface area contributed by atoms with E-state index in [1.165, 1.54) is 0 Å². The lowest BCUT2D eigenvalue weighted by molar-refractivity contribution is 0.103. The Morgan fingerprint density at radius 1 is 0.719 bits per heavy atom. The van der Waals surface area contributed by atoms with Gasteiger partial charge in [-0.05, 0) is 80.4 Å². The summed E-state index contributed by atoms with van der Waals surface area (Å²) in [5.41, 5.74) is 8.09. The Kier molecular flexibility index (Phi) is 6.04. The van der Waals surface area contributed by atoms with E-state index in [4.69, 9.17) is 0 Å². The maximum atomic E-state index is 13.3. The van der Waals surface area contributed by atoms with Gasteiger partial charge in [-0.3, -0.25) is 14.8 Å². The number of nitrogens with zero attached hydrogens (tertiary/aromatic N) is 3. The molecular formula is C28H25N3O. The van der Waals surface area contributed by atoms with E-state index in [1.807, 2.05) is 81.4 Å². The Morgan fingerprint density at radius 3 is 1.94 bits per heavy atom. The molecule has 4 nitrogen and oxygen atoms in total. The zero-order valence-electron chi connectivity index (χ0n) is 18.6. The molecule has 4 heteroatoms. The number of carbonyl (C=O) groups is 1. The Bertz CT molecular complexity index is 1250. The van der Waals surface area contributed by atoms with Crippen LogP contribution in [0.25, 0.3) is 5.57 Å². The van der Waals surface area contributed by atoms with Crippen LogP contribution in [0.2, 0.25) is 0 Å². The highest BCUT2D eigenvalue weighted by Crippen LogP contribution is 2.25. The quantitative estimate of drug-likeness (QED) is 0.377. The van der Waals surface area contributed by atoms with Crippen molar-refractivity contribution in [2.45, 2.75) is 27.2 Å². The maximum absolute atomic E-state index is 13.3. The van der Waals surface area contributed by atoms with Crippen molar-refractivity contribution in [1.82, 2.24) is 15.0 Å². The molecule has 0 bridgehead atoms. The highest BCUT2D eigenvalue weighted by atomic mass is 16.1. The molecule has 0 aliphatic carbocycles. The lowest BCUT2D eigenvalue weighted by Crippen LogP contribution is -2.07. The van der Waals surface area contributed by atoms with Gasteiger partial charge in [0.1, 0.15) is 5.69 Å². The van der Waals surface area contributed by atoms with E-state index in [0.29, 0.717) is 17.7 Å². The van der Waals surface area contributed by atoms with Gasteiger partial charge in [-0.25, -0.2) is 4.98 Å². The van der Waals surface area contributed by atoms with E-state index in [0.717, 1.165) is 45.2 Å². The maximum Gasteiger partial charge on any atom is 0.211 e. The van der Waals surface area contributed by atoms with Crippen molar-refractivity contribution in [3.63, 3.8) is 0 Å². The molecule has 32 heavy (non-hydrogen) atoms. The summed E-state index contributed by atoms with van der Waals surface area (Å²) in [7, 11) is 0. The van der Waals surface area contributed by atoms with Gasteiger partial charge in [0.15, 0.2) is 0 Å². The van der Waals surface area contributed by atoms with Crippen LogP contribution in [0.5, 0.6) is 0 Å². The lowest BCUT2D eigenvalue weighted by Gasteiger charge is -2.12. The van der Waals surface area contributed by atoms with Crippen molar-refractivity contribution in [1.29, 1.82) is 0 Å². The van der Waals surface area contributed by atoms with Crippen LogP contribution in [0.4, 0.5) is 0 Å². The second kappa shape index (κ2) is 9.06. The molecule has 0 fully saturated rings. The molecule has 0 radical (unpaired) electrons. The number of aromatic nitrogens is 3. The Morgan fingerprint density at radius 2 is 1.28 bits per heavy atom. The molecule has 0 saturated heterocycles. The summed E-state index contributed by atoms with van der Waals surface area (Å²) in [6.07, 6.45) is 0.617. The first-order chi connectivity index (χ1) is 15.4. The van der Waals surface area contributed by atoms with Crippen molar-refractivity contribution in [3.8, 4) is 0 Å². The molecule has 4 aromatic rings. The Labute approximate surface area is 188 Å². The monoisotopic (exact) mass is 419 g/mol. The average molecular weight is 420 g/mol. The van der Waals surface area contributed by atoms with Crippen LogP contribution in [0, 0.1) is 20.8 Å². The normalized spacial score (nSPS) is 10.7. The smallest absolute Gasteiger partial charge is 0.211 e. The molecule has 3 heterocycles. The van der Waals surface area contributed by atoms with Crippen LogP contribution in [0.15, 0.2) is 79.4 Å². The summed E-state index contributed by atoms with van der Waals surface area (Å²) < 4.78 is 0. The second-order valence-corrected chi connectivity index (χ2v) is 8.00. The van der Waals surface area contributed by atoms with Crippen molar-refractivity contribution in [2.24, 2.45) is 0 Å². The third-order valence-electron chi connectivity index (χ3n) is 5.25. The van der Waals surface area contributed by atoms with Crippen LogP contribution in [-0.2, 0) is 6.42 Å². The van der Waals surface area contributed by atoms with Crippen LogP contribution in [-0.4, -0.2) is 20.7 Å². The Balaban J connectivity index is 1.79. The first kappa shape index (κ1) is 21.3. The van der Waals surface area contributed by atoms with E-state index < -0.39 is 0 Å². The predicted molar refractivity (Wildman–Crippen MR) is 128 cm³/mol. The van der Waals surface area contributed by atoms with E-state index in [2.05, 4.69) is 27.6 Å². The molecule has 0 atom stereocenters. The molecule has 0 aliphatic rings. The second-order valence-electron chi connectivity index (χ2n) is 8.00. The Hall–Kier alpha value is -3.92. The number of ketones is 1. The molecule has 3 aromatic heterocycles. The topological polar surface area (TPSA) is 55.7 Å². The number of aryl methyl sites for hydroxylation is 3. The minimum atomic E-state index is -0.112. The molecule has 0 saturated carbocycles. The van der Waals surface area contributed by atoms with E-state index in [9.17, 15) is 4.79 Å². The fraction of sp³-hybridized carbons (Fsp3) is 0.143. The van der Waals surface area contributed by atoms with E-state index in [-0.39, 0.29) is 5.78 Å². The number of carbonyl (C=O) groups excluding carboxylic acids is 1. The summed E-state index contributed by atoms with van der Waals surface area (Å²) in [5.74, 6) is -0.112. The molecule has 158 valence electrons. The van der Waals surface area contributed by atoms with Crippen LogP contribution in [0.1, 0.15) is 55.6 Å². The van der Waals surface area contributed by atoms with Crippen molar-refractivity contribution in [2.75, 3.05) is 0 Å². The summed E-state index contributed by atoms with van der Waals surface area (Å²) in [4.78, 5) is 27.0. The van der Waals surface area contributed by atoms with Gasteiger partial charge >= 0.3 is 0 Å². The van der Waals surface area contributed by atoms with Gasteiger partial charge in [-0.1, -0.05) is 30.8 Å². The van der Waals surface area contributed by atoms with E-state index in [1.54, 1.807) is 6.07 Å². The molecule has 1 aromatic carbocycles. The SMILES string of the molecule is C=C(c1cc(Cc2cccc(C)n2)cc(C(=O)c2cccc(C)n2)c1)c1cccc(C)n1. The first-order valence-corrected chi connectivity index (χ1v) is 10.6. The average Bonchev–Trinajstić information content (AvgIpc) is 2.78. The molecule has 0 aliphatic heterocycles. The van der Waals surface area contributed by atoms with Gasteiger partial charge in [-0.2, -0.15) is 0 Å².